The second-order valence-electron chi connectivity index (χ2n) is 5.00. The molecule has 1 N–H and O–H groups in total. The fraction of sp³-hybridized carbons (Fsp3) is 0.500. The molecule has 0 bridgehead atoms. The Hall–Kier alpha value is -1.36. The van der Waals surface area contributed by atoms with Crippen LogP contribution in [0.1, 0.15) is 26.2 Å². The lowest BCUT2D eigenvalue weighted by Gasteiger charge is -2.30. The number of nitrogens with one attached hydrogen (secondary N) is 1. The summed E-state index contributed by atoms with van der Waals surface area (Å²) in [5.41, 5.74) is -0.0362. The summed E-state index contributed by atoms with van der Waals surface area (Å²) in [6.07, 6.45) is 3.11. The van der Waals surface area contributed by atoms with Gasteiger partial charge in [0.1, 0.15) is 11.9 Å². The van der Waals surface area contributed by atoms with Gasteiger partial charge in [0.2, 0.25) is 5.91 Å². The summed E-state index contributed by atoms with van der Waals surface area (Å²) in [6, 6.07) is 1.16. The van der Waals surface area contributed by atoms with Crippen molar-refractivity contribution in [3.63, 3.8) is 0 Å². The van der Waals surface area contributed by atoms with E-state index in [9.17, 15) is 13.6 Å². The zero-order valence-corrected chi connectivity index (χ0v) is 12.0. The predicted molar refractivity (Wildman–Crippen MR) is 74.9 cm³/mol. The molecule has 20 heavy (non-hydrogen) atoms. The first-order valence-electron chi connectivity index (χ1n) is 6.69. The molecule has 0 saturated carbocycles. The summed E-state index contributed by atoms with van der Waals surface area (Å²) in [5, 5.41) is 2.67. The average molecular weight is 303 g/mol. The topological polar surface area (TPSA) is 32.3 Å². The largest absolute Gasteiger partial charge is 0.370 e. The number of benzene rings is 1. The molecule has 3 nitrogen and oxygen atoms in total. The van der Waals surface area contributed by atoms with Crippen molar-refractivity contribution < 1.29 is 13.6 Å². The first-order chi connectivity index (χ1) is 9.49. The van der Waals surface area contributed by atoms with Crippen molar-refractivity contribution in [1.29, 1.82) is 0 Å². The van der Waals surface area contributed by atoms with Crippen LogP contribution in [0.15, 0.2) is 12.1 Å². The molecule has 1 aromatic carbocycles. The van der Waals surface area contributed by atoms with E-state index < -0.39 is 17.7 Å². The first kappa shape index (κ1) is 15.0. The van der Waals surface area contributed by atoms with Crippen molar-refractivity contribution in [2.45, 2.75) is 32.2 Å². The Morgan fingerprint density at radius 3 is 2.55 bits per heavy atom. The Morgan fingerprint density at radius 1 is 1.30 bits per heavy atom. The average Bonchev–Trinajstić information content (AvgIpc) is 2.42. The molecule has 1 aliphatic heterocycles. The van der Waals surface area contributed by atoms with Gasteiger partial charge in [0.05, 0.1) is 10.7 Å². The van der Waals surface area contributed by atoms with Gasteiger partial charge in [-0.1, -0.05) is 11.6 Å². The lowest BCUT2D eigenvalue weighted by Crippen LogP contribution is -2.44. The summed E-state index contributed by atoms with van der Waals surface area (Å²) in [4.78, 5) is 14.0. The van der Waals surface area contributed by atoms with Crippen LogP contribution in [0.5, 0.6) is 0 Å². The van der Waals surface area contributed by atoms with E-state index in [1.807, 2.05) is 0 Å². The van der Waals surface area contributed by atoms with E-state index >= 15 is 0 Å². The zero-order valence-electron chi connectivity index (χ0n) is 11.3. The molecular formula is C14H17ClF2N2O. The van der Waals surface area contributed by atoms with Gasteiger partial charge in [-0.15, -0.1) is 0 Å². The number of carbonyl (C=O) groups is 1. The Kier molecular flexibility index (Phi) is 4.81. The van der Waals surface area contributed by atoms with Crippen molar-refractivity contribution in [2.24, 2.45) is 0 Å². The fourth-order valence-corrected chi connectivity index (χ4v) is 2.60. The fourth-order valence-electron chi connectivity index (χ4n) is 2.35. The SMILES string of the molecule is CC(Nc1c(F)cc(F)cc1Cl)C(=O)N1CCCCC1. The molecule has 1 aromatic rings. The highest BCUT2D eigenvalue weighted by atomic mass is 35.5. The van der Waals surface area contributed by atoms with Gasteiger partial charge in [-0.3, -0.25) is 4.79 Å². The van der Waals surface area contributed by atoms with Crippen LogP contribution in [-0.4, -0.2) is 29.9 Å². The standard InChI is InChI=1S/C14H17ClF2N2O/c1-9(14(20)19-5-3-2-4-6-19)18-13-11(15)7-10(16)8-12(13)17/h7-9,18H,2-6H2,1H3. The van der Waals surface area contributed by atoms with Crippen LogP contribution in [-0.2, 0) is 4.79 Å². The highest BCUT2D eigenvalue weighted by molar-refractivity contribution is 6.33. The van der Waals surface area contributed by atoms with Gasteiger partial charge in [0, 0.05) is 19.2 Å². The number of anilines is 1. The van der Waals surface area contributed by atoms with E-state index in [0.29, 0.717) is 0 Å². The highest BCUT2D eigenvalue weighted by Gasteiger charge is 2.23. The van der Waals surface area contributed by atoms with Crippen molar-refractivity contribution >= 4 is 23.2 Å². The Bertz CT molecular complexity index is 481. The number of carbonyl (C=O) groups excluding carboxylic acids is 1. The minimum atomic E-state index is -0.798. The van der Waals surface area contributed by atoms with Crippen molar-refractivity contribution in [3.8, 4) is 0 Å². The number of hydrogen-bond donors (Lipinski definition) is 1. The van der Waals surface area contributed by atoms with Crippen LogP contribution in [0, 0.1) is 11.6 Å². The monoisotopic (exact) mass is 302 g/mol. The summed E-state index contributed by atoms with van der Waals surface area (Å²) in [5.74, 6) is -1.63. The molecule has 2 rings (SSSR count). The minimum absolute atomic E-state index is 0.0362. The third kappa shape index (κ3) is 3.39. The van der Waals surface area contributed by atoms with E-state index in [2.05, 4.69) is 5.32 Å². The normalized spacial score (nSPS) is 16.9. The minimum Gasteiger partial charge on any atom is -0.370 e. The molecule has 1 saturated heterocycles. The third-order valence-electron chi connectivity index (χ3n) is 3.41. The van der Waals surface area contributed by atoms with Crippen LogP contribution in [0.3, 0.4) is 0 Å². The van der Waals surface area contributed by atoms with E-state index in [4.69, 9.17) is 11.6 Å². The molecule has 0 aliphatic carbocycles. The van der Waals surface area contributed by atoms with Crippen molar-refractivity contribution in [2.75, 3.05) is 18.4 Å². The van der Waals surface area contributed by atoms with Crippen LogP contribution < -0.4 is 5.32 Å². The molecule has 1 heterocycles. The van der Waals surface area contributed by atoms with E-state index in [-0.39, 0.29) is 16.6 Å². The highest BCUT2D eigenvalue weighted by Crippen LogP contribution is 2.27. The third-order valence-corrected chi connectivity index (χ3v) is 3.70. The number of nitrogens with zero attached hydrogens (tertiary/aromatic N) is 1. The van der Waals surface area contributed by atoms with Gasteiger partial charge in [0.25, 0.3) is 0 Å². The molecule has 6 heteroatoms. The number of likely N-dealkylation sites (tertiary alicyclic amines) is 1. The quantitative estimate of drug-likeness (QED) is 0.928. The maximum atomic E-state index is 13.7. The number of piperidine rings is 1. The summed E-state index contributed by atoms with van der Waals surface area (Å²) in [7, 11) is 0. The van der Waals surface area contributed by atoms with Crippen LogP contribution in [0.4, 0.5) is 14.5 Å². The summed E-state index contributed by atoms with van der Waals surface area (Å²) < 4.78 is 26.6. The molecule has 0 radical (unpaired) electrons. The molecule has 1 atom stereocenters. The second kappa shape index (κ2) is 6.39. The zero-order chi connectivity index (χ0) is 14.7. The first-order valence-corrected chi connectivity index (χ1v) is 7.06. The summed E-state index contributed by atoms with van der Waals surface area (Å²) in [6.45, 7) is 3.10. The number of halogens is 3. The smallest absolute Gasteiger partial charge is 0.244 e. The molecule has 110 valence electrons. The van der Waals surface area contributed by atoms with Crippen LogP contribution in [0.2, 0.25) is 5.02 Å². The number of amides is 1. The summed E-state index contributed by atoms with van der Waals surface area (Å²) >= 11 is 5.80. The number of rotatable bonds is 3. The van der Waals surface area contributed by atoms with Gasteiger partial charge in [0.15, 0.2) is 5.82 Å². The lowest BCUT2D eigenvalue weighted by atomic mass is 10.1. The van der Waals surface area contributed by atoms with Crippen LogP contribution >= 0.6 is 11.6 Å². The van der Waals surface area contributed by atoms with E-state index in [0.717, 1.165) is 44.5 Å². The maximum absolute atomic E-state index is 13.7. The van der Waals surface area contributed by atoms with Gasteiger partial charge in [-0.05, 0) is 32.3 Å². The van der Waals surface area contributed by atoms with Gasteiger partial charge < -0.3 is 10.2 Å². The van der Waals surface area contributed by atoms with Crippen molar-refractivity contribution in [1.82, 2.24) is 4.90 Å². The molecular weight excluding hydrogens is 286 g/mol. The maximum Gasteiger partial charge on any atom is 0.244 e. The predicted octanol–water partition coefficient (Wildman–Crippen LogP) is 3.43. The molecule has 1 amide bonds. The Labute approximate surface area is 121 Å². The van der Waals surface area contributed by atoms with Gasteiger partial charge in [-0.2, -0.15) is 0 Å². The van der Waals surface area contributed by atoms with Crippen molar-refractivity contribution in [3.05, 3.63) is 28.8 Å². The Balaban J connectivity index is 2.07. The molecule has 1 fully saturated rings. The molecule has 1 unspecified atom stereocenters. The van der Waals surface area contributed by atoms with Gasteiger partial charge in [-0.25, -0.2) is 8.78 Å². The molecule has 0 aromatic heterocycles. The lowest BCUT2D eigenvalue weighted by molar-refractivity contribution is -0.132. The van der Waals surface area contributed by atoms with E-state index in [1.54, 1.807) is 11.8 Å². The van der Waals surface area contributed by atoms with Crippen LogP contribution in [0.25, 0.3) is 0 Å². The van der Waals surface area contributed by atoms with Gasteiger partial charge >= 0.3 is 0 Å². The molecule has 0 spiro atoms. The number of hydrogen-bond acceptors (Lipinski definition) is 2. The second-order valence-corrected chi connectivity index (χ2v) is 5.40. The molecule has 1 aliphatic rings. The Morgan fingerprint density at radius 2 is 1.95 bits per heavy atom. The van der Waals surface area contributed by atoms with E-state index in [1.165, 1.54) is 0 Å².